The molecule has 1 heterocycles. The summed E-state index contributed by atoms with van der Waals surface area (Å²) in [5.41, 5.74) is 0. The van der Waals surface area contributed by atoms with Gasteiger partial charge in [-0.3, -0.25) is 9.69 Å². The van der Waals surface area contributed by atoms with E-state index in [0.717, 1.165) is 38.8 Å². The molecule has 1 unspecified atom stereocenters. The molecule has 2 N–H and O–H groups in total. The highest BCUT2D eigenvalue weighted by molar-refractivity contribution is 5.77. The van der Waals surface area contributed by atoms with E-state index in [9.17, 15) is 9.90 Å². The normalized spacial score (nSPS) is 19.0. The molecule has 0 aromatic heterocycles. The zero-order valence-corrected chi connectivity index (χ0v) is 14.1. The Kier molecular flexibility index (Phi) is 8.22. The molecule has 1 fully saturated rings. The average Bonchev–Trinajstić information content (AvgIpc) is 2.47. The Labute approximate surface area is 129 Å². The summed E-state index contributed by atoms with van der Waals surface area (Å²) in [6, 6.07) is 0.472. The maximum Gasteiger partial charge on any atom is 0.236 e. The van der Waals surface area contributed by atoms with Crippen LogP contribution in [0.2, 0.25) is 0 Å². The van der Waals surface area contributed by atoms with Gasteiger partial charge >= 0.3 is 0 Å². The van der Waals surface area contributed by atoms with Gasteiger partial charge in [-0.1, -0.05) is 26.7 Å². The van der Waals surface area contributed by atoms with E-state index < -0.39 is 0 Å². The number of carbonyl (C=O) groups excluding carboxylic acids is 1. The Bertz CT molecular complexity index is 298. The third-order valence-corrected chi connectivity index (χ3v) is 4.65. The lowest BCUT2D eigenvalue weighted by atomic mass is 9.96. The van der Waals surface area contributed by atoms with Crippen molar-refractivity contribution in [2.45, 2.75) is 51.7 Å². The zero-order valence-electron chi connectivity index (χ0n) is 14.1. The molecule has 124 valence electrons. The van der Waals surface area contributed by atoms with Crippen molar-refractivity contribution < 1.29 is 9.90 Å². The second kappa shape index (κ2) is 9.38. The zero-order chi connectivity index (χ0) is 15.8. The minimum atomic E-state index is -0.242. The Hall–Kier alpha value is -0.650. The van der Waals surface area contributed by atoms with Crippen LogP contribution in [0.25, 0.3) is 0 Å². The van der Waals surface area contributed by atoms with Crippen molar-refractivity contribution in [3.8, 4) is 0 Å². The molecule has 0 aromatic rings. The molecule has 0 saturated carbocycles. The predicted molar refractivity (Wildman–Crippen MR) is 86.2 cm³/mol. The molecular weight excluding hydrogens is 266 g/mol. The highest BCUT2D eigenvalue weighted by atomic mass is 16.3. The third kappa shape index (κ3) is 6.32. The van der Waals surface area contributed by atoms with Gasteiger partial charge < -0.3 is 15.3 Å². The Balaban J connectivity index is 2.23. The highest BCUT2D eigenvalue weighted by Crippen LogP contribution is 2.14. The van der Waals surface area contributed by atoms with E-state index in [2.05, 4.69) is 24.1 Å². The number of hydrogen-bond acceptors (Lipinski definition) is 4. The molecular formula is C16H33N3O2. The summed E-state index contributed by atoms with van der Waals surface area (Å²) in [7, 11) is 3.60. The number of carbonyl (C=O) groups is 1. The van der Waals surface area contributed by atoms with Crippen LogP contribution in [0.3, 0.4) is 0 Å². The smallest absolute Gasteiger partial charge is 0.236 e. The van der Waals surface area contributed by atoms with Gasteiger partial charge in [0, 0.05) is 39.8 Å². The molecule has 5 heteroatoms. The second-order valence-corrected chi connectivity index (χ2v) is 6.39. The fourth-order valence-electron chi connectivity index (χ4n) is 2.91. The van der Waals surface area contributed by atoms with Crippen molar-refractivity contribution in [3.63, 3.8) is 0 Å². The van der Waals surface area contributed by atoms with Crippen molar-refractivity contribution >= 4 is 5.91 Å². The van der Waals surface area contributed by atoms with Crippen LogP contribution in [0, 0.1) is 5.92 Å². The standard InChI is InChI=1S/C16H33N3O2/c1-5-13(6-2)15(20)11-17-14-7-9-19(10-8-14)12-16(21)18(3)4/h13-15,17,20H,5-12H2,1-4H3. The highest BCUT2D eigenvalue weighted by Gasteiger charge is 2.22. The van der Waals surface area contributed by atoms with E-state index in [-0.39, 0.29) is 12.0 Å². The molecule has 0 bridgehead atoms. The largest absolute Gasteiger partial charge is 0.392 e. The van der Waals surface area contributed by atoms with Gasteiger partial charge in [0.1, 0.15) is 0 Å². The van der Waals surface area contributed by atoms with Crippen molar-refractivity contribution in [1.29, 1.82) is 0 Å². The number of nitrogens with one attached hydrogen (secondary N) is 1. The molecule has 21 heavy (non-hydrogen) atoms. The van der Waals surface area contributed by atoms with Gasteiger partial charge in [0.05, 0.1) is 12.6 Å². The van der Waals surface area contributed by atoms with Crippen molar-refractivity contribution in [1.82, 2.24) is 15.1 Å². The fourth-order valence-corrected chi connectivity index (χ4v) is 2.91. The number of hydrogen-bond donors (Lipinski definition) is 2. The molecule has 1 aliphatic rings. The van der Waals surface area contributed by atoms with Gasteiger partial charge in [-0.15, -0.1) is 0 Å². The molecule has 0 spiro atoms. The molecule has 1 aliphatic heterocycles. The minimum absolute atomic E-state index is 0.172. The van der Waals surface area contributed by atoms with Crippen molar-refractivity contribution in [2.24, 2.45) is 5.92 Å². The van der Waals surface area contributed by atoms with Crippen LogP contribution in [0.5, 0.6) is 0 Å². The summed E-state index contributed by atoms with van der Waals surface area (Å²) in [6.45, 7) is 7.40. The van der Waals surface area contributed by atoms with Crippen LogP contribution in [0.15, 0.2) is 0 Å². The number of nitrogens with zero attached hydrogens (tertiary/aromatic N) is 2. The molecule has 1 atom stereocenters. The van der Waals surface area contributed by atoms with Crippen LogP contribution >= 0.6 is 0 Å². The quantitative estimate of drug-likeness (QED) is 0.700. The van der Waals surface area contributed by atoms with E-state index in [0.29, 0.717) is 25.0 Å². The van der Waals surface area contributed by atoms with Gasteiger partial charge in [-0.25, -0.2) is 0 Å². The lowest BCUT2D eigenvalue weighted by Crippen LogP contribution is -2.47. The van der Waals surface area contributed by atoms with Gasteiger partial charge in [-0.05, 0) is 18.8 Å². The minimum Gasteiger partial charge on any atom is -0.392 e. The first-order valence-corrected chi connectivity index (χ1v) is 8.31. The van der Waals surface area contributed by atoms with E-state index in [4.69, 9.17) is 0 Å². The number of rotatable bonds is 8. The first kappa shape index (κ1) is 18.4. The van der Waals surface area contributed by atoms with E-state index >= 15 is 0 Å². The maximum absolute atomic E-state index is 11.7. The Morgan fingerprint density at radius 3 is 2.33 bits per heavy atom. The number of likely N-dealkylation sites (tertiary alicyclic amines) is 1. The van der Waals surface area contributed by atoms with Crippen LogP contribution < -0.4 is 5.32 Å². The summed E-state index contributed by atoms with van der Waals surface area (Å²) in [5.74, 6) is 0.570. The molecule has 5 nitrogen and oxygen atoms in total. The molecule has 0 aromatic carbocycles. The van der Waals surface area contributed by atoms with Gasteiger partial charge in [0.15, 0.2) is 0 Å². The van der Waals surface area contributed by atoms with Gasteiger partial charge in [0.25, 0.3) is 0 Å². The van der Waals surface area contributed by atoms with Crippen LogP contribution in [-0.4, -0.2) is 73.2 Å². The number of amides is 1. The molecule has 0 aliphatic carbocycles. The summed E-state index contributed by atoms with van der Waals surface area (Å²) in [4.78, 5) is 15.6. The number of aliphatic hydroxyl groups excluding tert-OH is 1. The summed E-state index contributed by atoms with van der Waals surface area (Å²) < 4.78 is 0. The average molecular weight is 299 g/mol. The topological polar surface area (TPSA) is 55.8 Å². The van der Waals surface area contributed by atoms with E-state index in [1.165, 1.54) is 0 Å². The monoisotopic (exact) mass is 299 g/mol. The molecule has 1 rings (SSSR count). The van der Waals surface area contributed by atoms with E-state index in [1.54, 1.807) is 19.0 Å². The Morgan fingerprint density at radius 2 is 1.86 bits per heavy atom. The summed E-state index contributed by atoms with van der Waals surface area (Å²) in [6.07, 6.45) is 3.93. The maximum atomic E-state index is 11.7. The van der Waals surface area contributed by atoms with Crippen LogP contribution in [0.4, 0.5) is 0 Å². The first-order chi connectivity index (χ1) is 9.97. The lowest BCUT2D eigenvalue weighted by Gasteiger charge is -2.33. The lowest BCUT2D eigenvalue weighted by molar-refractivity contribution is -0.130. The summed E-state index contributed by atoms with van der Waals surface area (Å²) >= 11 is 0. The number of likely N-dealkylation sites (N-methyl/N-ethyl adjacent to an activating group) is 1. The Morgan fingerprint density at radius 1 is 1.29 bits per heavy atom. The number of aliphatic hydroxyl groups is 1. The van der Waals surface area contributed by atoms with Crippen molar-refractivity contribution in [2.75, 3.05) is 40.3 Å². The predicted octanol–water partition coefficient (Wildman–Crippen LogP) is 0.926. The molecule has 1 amide bonds. The first-order valence-electron chi connectivity index (χ1n) is 8.31. The second-order valence-electron chi connectivity index (χ2n) is 6.39. The van der Waals surface area contributed by atoms with Crippen molar-refractivity contribution in [3.05, 3.63) is 0 Å². The molecule has 0 radical (unpaired) electrons. The van der Waals surface area contributed by atoms with E-state index in [1.807, 2.05) is 0 Å². The van der Waals surface area contributed by atoms with Gasteiger partial charge in [0.2, 0.25) is 5.91 Å². The SMILES string of the molecule is CCC(CC)C(O)CNC1CCN(CC(=O)N(C)C)CC1. The number of piperidine rings is 1. The van der Waals surface area contributed by atoms with Crippen LogP contribution in [-0.2, 0) is 4.79 Å². The molecule has 1 saturated heterocycles. The fraction of sp³-hybridized carbons (Fsp3) is 0.938. The summed E-state index contributed by atoms with van der Waals surface area (Å²) in [5, 5.41) is 13.6. The van der Waals surface area contributed by atoms with Crippen LogP contribution in [0.1, 0.15) is 39.5 Å². The van der Waals surface area contributed by atoms with Gasteiger partial charge in [-0.2, -0.15) is 0 Å². The third-order valence-electron chi connectivity index (χ3n) is 4.65.